The quantitative estimate of drug-likeness (QED) is 0.709. The van der Waals surface area contributed by atoms with Gasteiger partial charge >= 0.3 is 0 Å². The number of allylic oxidation sites excluding steroid dienone is 2. The third kappa shape index (κ3) is 2.33. The van der Waals surface area contributed by atoms with Gasteiger partial charge in [-0.05, 0) is 32.3 Å². The molecule has 0 N–H and O–H groups in total. The first-order chi connectivity index (χ1) is 9.89. The van der Waals surface area contributed by atoms with Crippen LogP contribution in [0.3, 0.4) is 0 Å². The van der Waals surface area contributed by atoms with E-state index in [-0.39, 0.29) is 23.4 Å². The fourth-order valence-corrected chi connectivity index (χ4v) is 3.49. The highest BCUT2D eigenvalue weighted by Crippen LogP contribution is 2.47. The number of benzene rings is 1. The first kappa shape index (κ1) is 14.1. The highest BCUT2D eigenvalue weighted by atomic mass is 16.2. The van der Waals surface area contributed by atoms with Crippen molar-refractivity contribution in [1.82, 2.24) is 4.90 Å². The van der Waals surface area contributed by atoms with Crippen LogP contribution in [0.2, 0.25) is 0 Å². The Morgan fingerprint density at radius 3 is 2.33 bits per heavy atom. The number of amides is 1. The smallest absolute Gasteiger partial charge is 0.251 e. The summed E-state index contributed by atoms with van der Waals surface area (Å²) in [6.45, 7) is 8.48. The van der Waals surface area contributed by atoms with E-state index in [1.165, 1.54) is 5.56 Å². The van der Waals surface area contributed by atoms with E-state index in [1.807, 2.05) is 6.07 Å². The number of fused-ring (bicyclic) bond motifs is 1. The molecule has 1 amide bonds. The molecule has 0 saturated carbocycles. The molecule has 1 saturated heterocycles. The zero-order chi connectivity index (χ0) is 15.2. The van der Waals surface area contributed by atoms with Gasteiger partial charge in [-0.15, -0.1) is 0 Å². The van der Waals surface area contributed by atoms with Crippen LogP contribution in [0, 0.1) is 11.8 Å². The minimum absolute atomic E-state index is 0.105. The van der Waals surface area contributed by atoms with Crippen molar-refractivity contribution >= 4 is 5.91 Å². The predicted octanol–water partition coefficient (Wildman–Crippen LogP) is 4.12. The predicted molar refractivity (Wildman–Crippen MR) is 85.7 cm³/mol. The minimum atomic E-state index is -0.188. The normalized spacial score (nSPS) is 28.6. The van der Waals surface area contributed by atoms with Crippen LogP contribution in [0.15, 0.2) is 54.1 Å². The van der Waals surface area contributed by atoms with Gasteiger partial charge in [0.25, 0.3) is 5.91 Å². The number of nitrogens with zero attached hydrogens (tertiary/aromatic N) is 1. The van der Waals surface area contributed by atoms with Crippen molar-refractivity contribution < 1.29 is 4.79 Å². The third-order valence-electron chi connectivity index (χ3n) is 4.37. The summed E-state index contributed by atoms with van der Waals surface area (Å²) in [7, 11) is 0. The summed E-state index contributed by atoms with van der Waals surface area (Å²) in [5.74, 6) is 0.712. The molecule has 110 valence electrons. The Morgan fingerprint density at radius 1 is 1.05 bits per heavy atom. The Labute approximate surface area is 127 Å². The van der Waals surface area contributed by atoms with Gasteiger partial charge in [0.15, 0.2) is 0 Å². The van der Waals surface area contributed by atoms with E-state index in [2.05, 4.69) is 75.1 Å². The summed E-state index contributed by atoms with van der Waals surface area (Å²) >= 11 is 0. The van der Waals surface area contributed by atoms with Gasteiger partial charge < -0.3 is 4.90 Å². The van der Waals surface area contributed by atoms with Crippen LogP contribution in [0.5, 0.6) is 0 Å². The largest absolute Gasteiger partial charge is 0.326 e. The minimum Gasteiger partial charge on any atom is -0.326 e. The molecule has 0 bridgehead atoms. The Hall–Kier alpha value is -1.83. The van der Waals surface area contributed by atoms with Crippen LogP contribution in [-0.2, 0) is 4.79 Å². The molecule has 2 nitrogen and oxygen atoms in total. The van der Waals surface area contributed by atoms with Gasteiger partial charge in [0, 0.05) is 17.0 Å². The zero-order valence-corrected chi connectivity index (χ0v) is 13.2. The molecule has 1 aliphatic heterocycles. The number of carbonyl (C=O) groups excluding carboxylic acids is 1. The molecule has 0 aromatic heterocycles. The molecule has 2 aliphatic rings. The van der Waals surface area contributed by atoms with E-state index in [4.69, 9.17) is 0 Å². The molecule has 3 atom stereocenters. The lowest BCUT2D eigenvalue weighted by atomic mass is 9.84. The second kappa shape index (κ2) is 4.87. The standard InChI is InChI=1S/C19H23NO/c1-13-10-11-15-16(12-13)18(21)20(19(2,3)4)17(15)14-8-6-5-7-9-14/h5-13,15,17H,1-4H3/t13-,15-,17+/m1/s1. The van der Waals surface area contributed by atoms with Crippen molar-refractivity contribution in [2.45, 2.75) is 39.3 Å². The number of rotatable bonds is 1. The number of likely N-dealkylation sites (tertiary alicyclic amines) is 1. The van der Waals surface area contributed by atoms with Crippen molar-refractivity contribution in [1.29, 1.82) is 0 Å². The maximum absolute atomic E-state index is 12.9. The second-order valence-electron chi connectivity index (χ2n) is 7.09. The van der Waals surface area contributed by atoms with E-state index in [0.29, 0.717) is 5.92 Å². The lowest BCUT2D eigenvalue weighted by Crippen LogP contribution is -2.44. The van der Waals surface area contributed by atoms with Crippen molar-refractivity contribution in [2.24, 2.45) is 11.8 Å². The lowest BCUT2D eigenvalue weighted by molar-refractivity contribution is -0.131. The molecule has 2 heteroatoms. The van der Waals surface area contributed by atoms with E-state index >= 15 is 0 Å². The summed E-state index contributed by atoms with van der Waals surface area (Å²) in [6, 6.07) is 10.5. The number of hydrogen-bond acceptors (Lipinski definition) is 1. The van der Waals surface area contributed by atoms with Gasteiger partial charge in [-0.1, -0.05) is 55.5 Å². The van der Waals surface area contributed by atoms with Crippen LogP contribution in [0.4, 0.5) is 0 Å². The lowest BCUT2D eigenvalue weighted by Gasteiger charge is -2.38. The molecule has 1 heterocycles. The highest BCUT2D eigenvalue weighted by molar-refractivity contribution is 5.98. The van der Waals surface area contributed by atoms with Crippen molar-refractivity contribution in [2.75, 3.05) is 0 Å². The third-order valence-corrected chi connectivity index (χ3v) is 4.37. The summed E-state index contributed by atoms with van der Waals surface area (Å²) in [5, 5.41) is 0. The monoisotopic (exact) mass is 281 g/mol. The molecule has 21 heavy (non-hydrogen) atoms. The van der Waals surface area contributed by atoms with Gasteiger partial charge in [-0.3, -0.25) is 4.79 Å². The summed E-state index contributed by atoms with van der Waals surface area (Å²) in [5.41, 5.74) is 1.99. The van der Waals surface area contributed by atoms with Crippen LogP contribution in [0.25, 0.3) is 0 Å². The van der Waals surface area contributed by atoms with Crippen LogP contribution in [0.1, 0.15) is 39.3 Å². The first-order valence-electron chi connectivity index (χ1n) is 7.68. The summed E-state index contributed by atoms with van der Waals surface area (Å²) < 4.78 is 0. The second-order valence-corrected chi connectivity index (χ2v) is 7.09. The van der Waals surface area contributed by atoms with Gasteiger partial charge in [0.2, 0.25) is 0 Å². The number of carbonyl (C=O) groups is 1. The Balaban J connectivity index is 2.12. The molecule has 0 spiro atoms. The highest BCUT2D eigenvalue weighted by Gasteiger charge is 2.48. The SMILES string of the molecule is C[C@@H]1C=C[C@@H]2C(=C1)C(=O)N(C(C)(C)C)[C@H]2c1ccccc1. The molecule has 0 unspecified atom stereocenters. The Morgan fingerprint density at radius 2 is 1.71 bits per heavy atom. The molecule has 0 radical (unpaired) electrons. The summed E-state index contributed by atoms with van der Waals surface area (Å²) in [4.78, 5) is 15.0. The average Bonchev–Trinajstić information content (AvgIpc) is 2.73. The molecule has 3 rings (SSSR count). The van der Waals surface area contributed by atoms with E-state index in [0.717, 1.165) is 5.57 Å². The van der Waals surface area contributed by atoms with E-state index in [1.54, 1.807) is 0 Å². The molecule has 1 fully saturated rings. The van der Waals surface area contributed by atoms with Crippen LogP contribution in [-0.4, -0.2) is 16.3 Å². The van der Waals surface area contributed by atoms with Crippen molar-refractivity contribution in [3.63, 3.8) is 0 Å². The maximum atomic E-state index is 12.9. The maximum Gasteiger partial charge on any atom is 0.251 e. The van der Waals surface area contributed by atoms with Gasteiger partial charge in [0.05, 0.1) is 6.04 Å². The first-order valence-corrected chi connectivity index (χ1v) is 7.68. The molecular weight excluding hydrogens is 258 g/mol. The van der Waals surface area contributed by atoms with Gasteiger partial charge in [-0.2, -0.15) is 0 Å². The summed E-state index contributed by atoms with van der Waals surface area (Å²) in [6.07, 6.45) is 6.57. The Bertz CT molecular complexity index is 606. The van der Waals surface area contributed by atoms with Crippen molar-refractivity contribution in [3.8, 4) is 0 Å². The topological polar surface area (TPSA) is 20.3 Å². The van der Waals surface area contributed by atoms with Gasteiger partial charge in [-0.25, -0.2) is 0 Å². The zero-order valence-electron chi connectivity index (χ0n) is 13.2. The molecule has 1 aromatic rings. The fourth-order valence-electron chi connectivity index (χ4n) is 3.49. The van der Waals surface area contributed by atoms with E-state index in [9.17, 15) is 4.79 Å². The average molecular weight is 281 g/mol. The Kier molecular flexibility index (Phi) is 3.27. The number of hydrogen-bond donors (Lipinski definition) is 0. The van der Waals surface area contributed by atoms with Crippen LogP contribution < -0.4 is 0 Å². The molecule has 1 aliphatic carbocycles. The van der Waals surface area contributed by atoms with Crippen LogP contribution >= 0.6 is 0 Å². The molecule has 1 aromatic carbocycles. The molecular formula is C19H23NO. The van der Waals surface area contributed by atoms with Crippen molar-refractivity contribution in [3.05, 3.63) is 59.7 Å². The van der Waals surface area contributed by atoms with Gasteiger partial charge in [0.1, 0.15) is 0 Å². The fraction of sp³-hybridized carbons (Fsp3) is 0.421. The van der Waals surface area contributed by atoms with E-state index < -0.39 is 0 Å².